The van der Waals surface area contributed by atoms with E-state index < -0.39 is 0 Å². The van der Waals surface area contributed by atoms with E-state index in [9.17, 15) is 4.79 Å². The van der Waals surface area contributed by atoms with Crippen LogP contribution in [0.2, 0.25) is 0 Å². The van der Waals surface area contributed by atoms with E-state index in [1.165, 1.54) is 0 Å². The Labute approximate surface area is 134 Å². The number of benzene rings is 1. The van der Waals surface area contributed by atoms with Crippen LogP contribution in [0.15, 0.2) is 49.1 Å². The second-order valence-electron chi connectivity index (χ2n) is 5.38. The van der Waals surface area contributed by atoms with Crippen molar-refractivity contribution in [2.45, 2.75) is 26.9 Å². The number of hydrogen-bond donors (Lipinski definition) is 1. The average Bonchev–Trinajstić information content (AvgIpc) is 3.16. The minimum Gasteiger partial charge on any atom is -0.333 e. The normalized spacial score (nSPS) is 10.7. The van der Waals surface area contributed by atoms with E-state index in [0.717, 1.165) is 23.5 Å². The van der Waals surface area contributed by atoms with Crippen LogP contribution in [-0.2, 0) is 13.1 Å². The second-order valence-corrected chi connectivity index (χ2v) is 5.38. The van der Waals surface area contributed by atoms with Crippen molar-refractivity contribution in [3.63, 3.8) is 0 Å². The van der Waals surface area contributed by atoms with Gasteiger partial charge < -0.3 is 9.88 Å². The Bertz CT molecular complexity index is 804. The molecule has 0 saturated heterocycles. The van der Waals surface area contributed by atoms with Gasteiger partial charge in [0.1, 0.15) is 5.69 Å². The van der Waals surface area contributed by atoms with Crippen molar-refractivity contribution in [1.82, 2.24) is 19.3 Å². The minimum absolute atomic E-state index is 0.146. The fourth-order valence-corrected chi connectivity index (χ4v) is 2.50. The first-order chi connectivity index (χ1) is 11.2. The molecular formula is C17H19N5O. The second kappa shape index (κ2) is 6.48. The molecule has 3 rings (SSSR count). The summed E-state index contributed by atoms with van der Waals surface area (Å²) in [6.07, 6.45) is 5.43. The number of rotatable bonds is 5. The molecule has 0 bridgehead atoms. The molecule has 0 unspecified atom stereocenters. The standard InChI is InChI=1S/C17H19N5O/c1-3-22-16(9-13(2)20-22)17(23)19-15-6-4-5-14(10-15)11-21-8-7-18-12-21/h4-10,12H,3,11H2,1-2H3,(H,19,23). The van der Waals surface area contributed by atoms with Crippen molar-refractivity contribution in [3.05, 3.63) is 66.0 Å². The number of nitrogens with zero attached hydrogens (tertiary/aromatic N) is 4. The first kappa shape index (κ1) is 15.0. The van der Waals surface area contributed by atoms with Crippen LogP contribution in [0.4, 0.5) is 5.69 Å². The van der Waals surface area contributed by atoms with Crippen molar-refractivity contribution in [3.8, 4) is 0 Å². The molecule has 1 aromatic carbocycles. The van der Waals surface area contributed by atoms with Crippen LogP contribution in [0.1, 0.15) is 28.7 Å². The SMILES string of the molecule is CCn1nc(C)cc1C(=O)Nc1cccc(Cn2ccnc2)c1. The molecule has 0 saturated carbocycles. The molecule has 0 aliphatic carbocycles. The summed E-state index contributed by atoms with van der Waals surface area (Å²) >= 11 is 0. The van der Waals surface area contributed by atoms with Gasteiger partial charge in [0, 0.05) is 31.2 Å². The summed E-state index contributed by atoms with van der Waals surface area (Å²) in [6.45, 7) is 5.23. The molecule has 0 aliphatic heterocycles. The quantitative estimate of drug-likeness (QED) is 0.788. The van der Waals surface area contributed by atoms with Crippen LogP contribution in [0, 0.1) is 6.92 Å². The zero-order valence-electron chi connectivity index (χ0n) is 13.2. The molecule has 0 radical (unpaired) electrons. The molecule has 6 heteroatoms. The Morgan fingerprint density at radius 3 is 2.91 bits per heavy atom. The summed E-state index contributed by atoms with van der Waals surface area (Å²) in [7, 11) is 0. The van der Waals surface area contributed by atoms with Crippen molar-refractivity contribution in [2.75, 3.05) is 5.32 Å². The van der Waals surface area contributed by atoms with Gasteiger partial charge in [-0.25, -0.2) is 4.98 Å². The van der Waals surface area contributed by atoms with Gasteiger partial charge in [0.2, 0.25) is 0 Å². The predicted octanol–water partition coefficient (Wildman–Crippen LogP) is 2.71. The van der Waals surface area contributed by atoms with Gasteiger partial charge in [-0.15, -0.1) is 0 Å². The maximum atomic E-state index is 12.4. The summed E-state index contributed by atoms with van der Waals surface area (Å²) in [5.74, 6) is -0.146. The largest absolute Gasteiger partial charge is 0.333 e. The Kier molecular flexibility index (Phi) is 4.23. The molecular weight excluding hydrogens is 290 g/mol. The molecule has 118 valence electrons. The van der Waals surface area contributed by atoms with Crippen LogP contribution in [-0.4, -0.2) is 25.2 Å². The van der Waals surface area contributed by atoms with Crippen LogP contribution < -0.4 is 5.32 Å². The fraction of sp³-hybridized carbons (Fsp3) is 0.235. The van der Waals surface area contributed by atoms with E-state index in [0.29, 0.717) is 12.2 Å². The molecule has 0 spiro atoms. The number of hydrogen-bond acceptors (Lipinski definition) is 3. The monoisotopic (exact) mass is 309 g/mol. The summed E-state index contributed by atoms with van der Waals surface area (Å²) in [6, 6.07) is 9.61. The lowest BCUT2D eigenvalue weighted by atomic mass is 10.2. The lowest BCUT2D eigenvalue weighted by molar-refractivity contribution is 0.101. The molecule has 3 aromatic rings. The van der Waals surface area contributed by atoms with E-state index in [-0.39, 0.29) is 5.91 Å². The van der Waals surface area contributed by atoms with Crippen LogP contribution >= 0.6 is 0 Å². The summed E-state index contributed by atoms with van der Waals surface area (Å²) in [4.78, 5) is 16.5. The number of anilines is 1. The lowest BCUT2D eigenvalue weighted by Crippen LogP contribution is -2.17. The molecule has 23 heavy (non-hydrogen) atoms. The van der Waals surface area contributed by atoms with Gasteiger partial charge in [-0.3, -0.25) is 9.48 Å². The Morgan fingerprint density at radius 1 is 1.30 bits per heavy atom. The third kappa shape index (κ3) is 3.48. The summed E-state index contributed by atoms with van der Waals surface area (Å²) in [5, 5.41) is 7.25. The highest BCUT2D eigenvalue weighted by Gasteiger charge is 2.13. The van der Waals surface area contributed by atoms with Gasteiger partial charge in [-0.1, -0.05) is 12.1 Å². The number of nitrogens with one attached hydrogen (secondary N) is 1. The molecule has 6 nitrogen and oxygen atoms in total. The lowest BCUT2D eigenvalue weighted by Gasteiger charge is -2.09. The number of imidazole rings is 1. The molecule has 1 N–H and O–H groups in total. The fourth-order valence-electron chi connectivity index (χ4n) is 2.50. The number of carbonyl (C=O) groups excluding carboxylic acids is 1. The van der Waals surface area contributed by atoms with Gasteiger partial charge in [0.05, 0.1) is 12.0 Å². The maximum Gasteiger partial charge on any atom is 0.273 e. The number of amides is 1. The zero-order valence-corrected chi connectivity index (χ0v) is 13.2. The Morgan fingerprint density at radius 2 is 2.17 bits per heavy atom. The average molecular weight is 309 g/mol. The minimum atomic E-state index is -0.146. The first-order valence-corrected chi connectivity index (χ1v) is 7.56. The van der Waals surface area contributed by atoms with Gasteiger partial charge in [-0.05, 0) is 37.6 Å². The van der Waals surface area contributed by atoms with E-state index >= 15 is 0 Å². The van der Waals surface area contributed by atoms with Crippen molar-refractivity contribution in [1.29, 1.82) is 0 Å². The Balaban J connectivity index is 1.76. The summed E-state index contributed by atoms with van der Waals surface area (Å²) in [5.41, 5.74) is 3.28. The van der Waals surface area contributed by atoms with Crippen LogP contribution in [0.25, 0.3) is 0 Å². The molecule has 2 aromatic heterocycles. The van der Waals surface area contributed by atoms with Gasteiger partial charge in [0.15, 0.2) is 0 Å². The highest BCUT2D eigenvalue weighted by atomic mass is 16.2. The van der Waals surface area contributed by atoms with Crippen molar-refractivity contribution in [2.24, 2.45) is 0 Å². The third-order valence-corrected chi connectivity index (χ3v) is 3.54. The number of carbonyl (C=O) groups is 1. The van der Waals surface area contributed by atoms with E-state index in [2.05, 4.69) is 15.4 Å². The summed E-state index contributed by atoms with van der Waals surface area (Å²) < 4.78 is 3.69. The highest BCUT2D eigenvalue weighted by molar-refractivity contribution is 6.03. The molecule has 0 fully saturated rings. The first-order valence-electron chi connectivity index (χ1n) is 7.56. The predicted molar refractivity (Wildman–Crippen MR) is 88.4 cm³/mol. The van der Waals surface area contributed by atoms with Crippen molar-refractivity contribution < 1.29 is 4.79 Å². The van der Waals surface area contributed by atoms with Crippen molar-refractivity contribution >= 4 is 11.6 Å². The van der Waals surface area contributed by atoms with E-state index in [1.54, 1.807) is 23.3 Å². The van der Waals surface area contributed by atoms with Gasteiger partial charge in [-0.2, -0.15) is 5.10 Å². The molecule has 0 aliphatic rings. The molecule has 1 amide bonds. The van der Waals surface area contributed by atoms with Gasteiger partial charge >= 0.3 is 0 Å². The number of aromatic nitrogens is 4. The molecule has 0 atom stereocenters. The zero-order chi connectivity index (χ0) is 16.2. The third-order valence-electron chi connectivity index (χ3n) is 3.54. The van der Waals surface area contributed by atoms with E-state index in [1.807, 2.05) is 48.9 Å². The van der Waals surface area contributed by atoms with E-state index in [4.69, 9.17) is 0 Å². The van der Waals surface area contributed by atoms with Crippen LogP contribution in [0.5, 0.6) is 0 Å². The van der Waals surface area contributed by atoms with Crippen LogP contribution in [0.3, 0.4) is 0 Å². The maximum absolute atomic E-state index is 12.4. The highest BCUT2D eigenvalue weighted by Crippen LogP contribution is 2.14. The smallest absolute Gasteiger partial charge is 0.273 e. The number of aryl methyl sites for hydroxylation is 2. The Hall–Kier alpha value is -2.89. The topological polar surface area (TPSA) is 64.7 Å². The molecule has 2 heterocycles. The van der Waals surface area contributed by atoms with Gasteiger partial charge in [0.25, 0.3) is 5.91 Å².